The average molecular weight is 387 g/mol. The maximum atomic E-state index is 12.2. The van der Waals surface area contributed by atoms with Gasteiger partial charge in [0.05, 0.1) is 11.1 Å². The van der Waals surface area contributed by atoms with E-state index in [1.54, 1.807) is 24.3 Å². The zero-order valence-electron chi connectivity index (χ0n) is 16.2. The van der Waals surface area contributed by atoms with Crippen LogP contribution >= 0.6 is 0 Å². The summed E-state index contributed by atoms with van der Waals surface area (Å²) in [5.41, 5.74) is 2.78. The number of benzene rings is 2. The van der Waals surface area contributed by atoms with Crippen molar-refractivity contribution in [2.75, 3.05) is 13.2 Å². The normalized spacial score (nSPS) is 10.4. The molecule has 0 bridgehead atoms. The number of rotatable bonds is 7. The van der Waals surface area contributed by atoms with Crippen LogP contribution in [0, 0.1) is 24.7 Å². The van der Waals surface area contributed by atoms with Crippen molar-refractivity contribution in [3.63, 3.8) is 0 Å². The number of aryl methyl sites for hydroxylation is 1. The van der Waals surface area contributed by atoms with Crippen LogP contribution in [0.5, 0.6) is 0 Å². The van der Waals surface area contributed by atoms with Gasteiger partial charge in [-0.1, -0.05) is 25.2 Å². The molecule has 2 aromatic carbocycles. The molecule has 0 aliphatic carbocycles. The Hall–Kier alpha value is -3.70. The molecule has 0 spiro atoms. The van der Waals surface area contributed by atoms with Crippen LogP contribution in [-0.2, 0) is 16.0 Å². The highest BCUT2D eigenvalue weighted by Gasteiger charge is 2.16. The van der Waals surface area contributed by atoms with Gasteiger partial charge in [0, 0.05) is 28.4 Å². The lowest BCUT2D eigenvalue weighted by Crippen LogP contribution is -2.05. The number of esters is 2. The zero-order chi connectivity index (χ0) is 20.8. The number of carbonyl (C=O) groups is 2. The Morgan fingerprint density at radius 2 is 1.38 bits per heavy atom. The fourth-order valence-electron chi connectivity index (χ4n) is 3.30. The third kappa shape index (κ3) is 4.10. The van der Waals surface area contributed by atoms with Gasteiger partial charge in [0.15, 0.2) is 13.2 Å². The van der Waals surface area contributed by atoms with E-state index in [0.29, 0.717) is 11.1 Å². The lowest BCUT2D eigenvalue weighted by molar-refractivity contribution is 0.0547. The second kappa shape index (κ2) is 8.99. The van der Waals surface area contributed by atoms with Crippen LogP contribution < -0.4 is 0 Å². The zero-order valence-corrected chi connectivity index (χ0v) is 16.2. The summed E-state index contributed by atoms with van der Waals surface area (Å²) in [6.45, 7) is 2.80. The van der Waals surface area contributed by atoms with Gasteiger partial charge in [-0.25, -0.2) is 9.59 Å². The molecule has 5 heteroatoms. The lowest BCUT2D eigenvalue weighted by Gasteiger charge is -2.07. The standard InChI is InChI=1S/C24H21NO4/c1-4-7-12-25-21-10-8-17(23(26)28-13-5-2)15-19(21)20-16-18(9-11-22(20)25)24(27)29-14-6-3/h2-3,8-11,15-16H,4,7,12-14H2,1H3. The van der Waals surface area contributed by atoms with Crippen LogP contribution in [0.15, 0.2) is 36.4 Å². The van der Waals surface area contributed by atoms with Crippen LogP contribution in [0.2, 0.25) is 0 Å². The minimum atomic E-state index is -0.483. The van der Waals surface area contributed by atoms with Crippen LogP contribution in [0.25, 0.3) is 21.8 Å². The number of hydrogen-bond acceptors (Lipinski definition) is 4. The quantitative estimate of drug-likeness (QED) is 0.451. The Kier molecular flexibility index (Phi) is 6.22. The van der Waals surface area contributed by atoms with Crippen molar-refractivity contribution in [3.8, 4) is 24.7 Å². The predicted octanol–water partition coefficient (Wildman–Crippen LogP) is 4.17. The van der Waals surface area contributed by atoms with Gasteiger partial charge in [0.1, 0.15) is 0 Å². The maximum absolute atomic E-state index is 12.2. The van der Waals surface area contributed by atoms with Crippen molar-refractivity contribution >= 4 is 33.7 Å². The molecular formula is C24H21NO4. The Morgan fingerprint density at radius 3 is 1.79 bits per heavy atom. The molecule has 3 rings (SSSR count). The minimum Gasteiger partial charge on any atom is -0.449 e. The molecule has 3 aromatic rings. The van der Waals surface area contributed by atoms with Gasteiger partial charge in [-0.05, 0) is 42.8 Å². The number of ether oxygens (including phenoxy) is 2. The SMILES string of the molecule is C#CCOC(=O)c1ccc2c(c1)c1cc(C(=O)OCC#C)ccc1n2CCCC. The molecule has 0 aliphatic rings. The minimum absolute atomic E-state index is 0.0830. The smallest absolute Gasteiger partial charge is 0.339 e. The summed E-state index contributed by atoms with van der Waals surface area (Å²) in [5, 5.41) is 1.72. The molecule has 29 heavy (non-hydrogen) atoms. The van der Waals surface area contributed by atoms with E-state index in [0.717, 1.165) is 41.2 Å². The third-order valence-corrected chi connectivity index (χ3v) is 4.64. The van der Waals surface area contributed by atoms with Gasteiger partial charge in [-0.3, -0.25) is 0 Å². The molecule has 0 atom stereocenters. The van der Waals surface area contributed by atoms with Crippen molar-refractivity contribution < 1.29 is 19.1 Å². The molecule has 0 saturated heterocycles. The van der Waals surface area contributed by atoms with Gasteiger partial charge in [0.25, 0.3) is 0 Å². The topological polar surface area (TPSA) is 57.5 Å². The van der Waals surface area contributed by atoms with E-state index >= 15 is 0 Å². The van der Waals surface area contributed by atoms with Crippen molar-refractivity contribution in [2.45, 2.75) is 26.3 Å². The number of carbonyl (C=O) groups excluding carboxylic acids is 2. The summed E-state index contributed by atoms with van der Waals surface area (Å²) in [6.07, 6.45) is 12.4. The lowest BCUT2D eigenvalue weighted by atomic mass is 10.1. The summed E-state index contributed by atoms with van der Waals surface area (Å²) < 4.78 is 12.3. The van der Waals surface area contributed by atoms with E-state index in [2.05, 4.69) is 23.3 Å². The summed E-state index contributed by atoms with van der Waals surface area (Å²) in [5.74, 6) is 3.61. The van der Waals surface area contributed by atoms with E-state index in [1.807, 2.05) is 12.1 Å². The third-order valence-electron chi connectivity index (χ3n) is 4.64. The van der Waals surface area contributed by atoms with Crippen LogP contribution in [0.4, 0.5) is 0 Å². The monoisotopic (exact) mass is 387 g/mol. The second-order valence-corrected chi connectivity index (χ2v) is 6.53. The van der Waals surface area contributed by atoms with Gasteiger partial charge in [0.2, 0.25) is 0 Å². The highest BCUT2D eigenvalue weighted by molar-refractivity contribution is 6.12. The van der Waals surface area contributed by atoms with E-state index < -0.39 is 11.9 Å². The molecule has 0 unspecified atom stereocenters. The van der Waals surface area contributed by atoms with Crippen LogP contribution in [-0.4, -0.2) is 29.7 Å². The first-order valence-electron chi connectivity index (χ1n) is 9.37. The fraction of sp³-hybridized carbons (Fsp3) is 0.250. The number of aromatic nitrogens is 1. The predicted molar refractivity (Wildman–Crippen MR) is 113 cm³/mol. The molecule has 0 fully saturated rings. The average Bonchev–Trinajstić information content (AvgIpc) is 3.06. The molecule has 0 saturated carbocycles. The molecule has 146 valence electrons. The van der Waals surface area contributed by atoms with Gasteiger partial charge in [-0.2, -0.15) is 0 Å². The highest BCUT2D eigenvalue weighted by atomic mass is 16.5. The van der Waals surface area contributed by atoms with Gasteiger partial charge in [-0.15, -0.1) is 12.8 Å². The van der Waals surface area contributed by atoms with Crippen molar-refractivity contribution in [2.24, 2.45) is 0 Å². The summed E-state index contributed by atoms with van der Waals surface area (Å²) >= 11 is 0. The number of nitrogens with zero attached hydrogens (tertiary/aromatic N) is 1. The number of unbranched alkanes of at least 4 members (excludes halogenated alkanes) is 1. The Morgan fingerprint density at radius 1 is 0.897 bits per heavy atom. The van der Waals surface area contributed by atoms with Crippen molar-refractivity contribution in [3.05, 3.63) is 47.5 Å². The molecule has 1 heterocycles. The largest absolute Gasteiger partial charge is 0.449 e. The molecule has 0 aliphatic heterocycles. The van der Waals surface area contributed by atoms with E-state index in [-0.39, 0.29) is 13.2 Å². The summed E-state index contributed by atoms with van der Waals surface area (Å²) in [4.78, 5) is 24.5. The Bertz CT molecular complexity index is 1070. The van der Waals surface area contributed by atoms with Crippen molar-refractivity contribution in [1.29, 1.82) is 0 Å². The second-order valence-electron chi connectivity index (χ2n) is 6.53. The van der Waals surface area contributed by atoms with Crippen LogP contribution in [0.1, 0.15) is 40.5 Å². The molecule has 5 nitrogen and oxygen atoms in total. The van der Waals surface area contributed by atoms with Gasteiger partial charge < -0.3 is 14.0 Å². The Labute approximate surface area is 169 Å². The van der Waals surface area contributed by atoms with Crippen LogP contribution in [0.3, 0.4) is 0 Å². The summed E-state index contributed by atoms with van der Waals surface area (Å²) in [7, 11) is 0. The number of fused-ring (bicyclic) bond motifs is 3. The fourth-order valence-corrected chi connectivity index (χ4v) is 3.30. The molecule has 0 N–H and O–H groups in total. The van der Waals surface area contributed by atoms with E-state index in [4.69, 9.17) is 22.3 Å². The summed E-state index contributed by atoms with van der Waals surface area (Å²) in [6, 6.07) is 10.8. The van der Waals surface area contributed by atoms with E-state index in [1.165, 1.54) is 0 Å². The Balaban J connectivity index is 2.15. The first-order valence-corrected chi connectivity index (χ1v) is 9.37. The van der Waals surface area contributed by atoms with Crippen molar-refractivity contribution in [1.82, 2.24) is 4.57 Å². The first kappa shape index (κ1) is 20.0. The number of hydrogen-bond donors (Lipinski definition) is 0. The maximum Gasteiger partial charge on any atom is 0.339 e. The number of terminal acetylenes is 2. The first-order chi connectivity index (χ1) is 14.1. The van der Waals surface area contributed by atoms with Gasteiger partial charge >= 0.3 is 11.9 Å². The van der Waals surface area contributed by atoms with E-state index in [9.17, 15) is 9.59 Å². The molecule has 1 aromatic heterocycles. The molecule has 0 radical (unpaired) electrons. The highest BCUT2D eigenvalue weighted by Crippen LogP contribution is 2.31. The molecular weight excluding hydrogens is 366 g/mol. The molecule has 0 amide bonds.